The predicted octanol–water partition coefficient (Wildman–Crippen LogP) is 4.03. The Morgan fingerprint density at radius 3 is 2.24 bits per heavy atom. The zero-order chi connectivity index (χ0) is 15.5. The molecular formula is C15H13F4NO. The molecule has 1 atom stereocenters. The lowest BCUT2D eigenvalue weighted by molar-refractivity contribution is -0.274. The first-order chi connectivity index (χ1) is 9.89. The highest BCUT2D eigenvalue weighted by atomic mass is 19.4. The average Bonchev–Trinajstić information content (AvgIpc) is 2.40. The summed E-state index contributed by atoms with van der Waals surface area (Å²) in [4.78, 5) is 0. The molecule has 1 N–H and O–H groups in total. The van der Waals surface area contributed by atoms with Gasteiger partial charge in [0, 0.05) is 0 Å². The Kier molecular flexibility index (Phi) is 4.47. The van der Waals surface area contributed by atoms with E-state index in [4.69, 9.17) is 0 Å². The van der Waals surface area contributed by atoms with Crippen LogP contribution in [0.4, 0.5) is 17.6 Å². The van der Waals surface area contributed by atoms with Crippen LogP contribution in [0, 0.1) is 5.82 Å². The van der Waals surface area contributed by atoms with Crippen LogP contribution in [-0.4, -0.2) is 13.4 Å². The first kappa shape index (κ1) is 15.3. The third-order valence-corrected chi connectivity index (χ3v) is 2.92. The molecule has 0 aromatic heterocycles. The Hall–Kier alpha value is -2.08. The van der Waals surface area contributed by atoms with Crippen molar-refractivity contribution < 1.29 is 22.3 Å². The minimum absolute atomic E-state index is 0.289. The molecule has 0 saturated heterocycles. The number of benzene rings is 2. The van der Waals surface area contributed by atoms with Gasteiger partial charge < -0.3 is 10.1 Å². The second-order valence-electron chi connectivity index (χ2n) is 4.39. The summed E-state index contributed by atoms with van der Waals surface area (Å²) < 4.78 is 53.6. The number of hydrogen-bond acceptors (Lipinski definition) is 2. The van der Waals surface area contributed by atoms with Crippen LogP contribution in [0.1, 0.15) is 17.2 Å². The summed E-state index contributed by atoms with van der Waals surface area (Å²) in [6, 6.07) is 11.1. The normalized spacial score (nSPS) is 13.0. The van der Waals surface area contributed by atoms with Crippen molar-refractivity contribution in [3.05, 3.63) is 65.5 Å². The zero-order valence-corrected chi connectivity index (χ0v) is 11.1. The van der Waals surface area contributed by atoms with E-state index in [-0.39, 0.29) is 17.6 Å². The zero-order valence-electron chi connectivity index (χ0n) is 11.1. The molecule has 0 amide bonds. The predicted molar refractivity (Wildman–Crippen MR) is 70.4 cm³/mol. The molecule has 112 valence electrons. The monoisotopic (exact) mass is 299 g/mol. The van der Waals surface area contributed by atoms with Gasteiger partial charge in [0.25, 0.3) is 0 Å². The Morgan fingerprint density at radius 2 is 1.67 bits per heavy atom. The van der Waals surface area contributed by atoms with E-state index in [1.807, 2.05) is 0 Å². The molecule has 21 heavy (non-hydrogen) atoms. The molecule has 0 saturated carbocycles. The van der Waals surface area contributed by atoms with Gasteiger partial charge in [0.05, 0.1) is 6.04 Å². The van der Waals surface area contributed by atoms with Gasteiger partial charge in [0.15, 0.2) is 0 Å². The smallest absolute Gasteiger partial charge is 0.406 e. The maximum atomic E-state index is 12.9. The van der Waals surface area contributed by atoms with E-state index in [0.717, 1.165) is 5.56 Å². The molecule has 2 aromatic rings. The van der Waals surface area contributed by atoms with Crippen LogP contribution in [0.3, 0.4) is 0 Å². The molecule has 2 aromatic carbocycles. The number of rotatable bonds is 4. The van der Waals surface area contributed by atoms with E-state index >= 15 is 0 Å². The summed E-state index contributed by atoms with van der Waals surface area (Å²) in [5.74, 6) is -0.662. The highest BCUT2D eigenvalue weighted by Crippen LogP contribution is 2.28. The third-order valence-electron chi connectivity index (χ3n) is 2.92. The third kappa shape index (κ3) is 4.19. The van der Waals surface area contributed by atoms with Crippen molar-refractivity contribution in [2.24, 2.45) is 0 Å². The molecule has 0 heterocycles. The van der Waals surface area contributed by atoms with Crippen molar-refractivity contribution in [1.29, 1.82) is 0 Å². The van der Waals surface area contributed by atoms with Crippen LogP contribution >= 0.6 is 0 Å². The molecule has 0 fully saturated rings. The van der Waals surface area contributed by atoms with Crippen molar-refractivity contribution in [2.75, 3.05) is 7.05 Å². The molecule has 0 aliphatic carbocycles. The van der Waals surface area contributed by atoms with Gasteiger partial charge in [-0.05, 0) is 42.4 Å². The van der Waals surface area contributed by atoms with E-state index in [1.54, 1.807) is 25.2 Å². The molecule has 6 heteroatoms. The van der Waals surface area contributed by atoms with Gasteiger partial charge in [-0.1, -0.05) is 24.3 Å². The summed E-state index contributed by atoms with van der Waals surface area (Å²) in [7, 11) is 1.67. The number of halogens is 4. The van der Waals surface area contributed by atoms with Crippen LogP contribution in [0.25, 0.3) is 0 Å². The van der Waals surface area contributed by atoms with Crippen molar-refractivity contribution in [1.82, 2.24) is 5.32 Å². The van der Waals surface area contributed by atoms with Crippen LogP contribution in [0.2, 0.25) is 0 Å². The van der Waals surface area contributed by atoms with Gasteiger partial charge in [-0.2, -0.15) is 0 Å². The second-order valence-corrected chi connectivity index (χ2v) is 4.39. The van der Waals surface area contributed by atoms with Gasteiger partial charge in [0.2, 0.25) is 0 Å². The second kappa shape index (κ2) is 6.13. The Labute approximate surface area is 119 Å². The SMILES string of the molecule is CNC(c1ccc(F)cc1)c1cccc(OC(F)(F)F)c1. The molecular weight excluding hydrogens is 286 g/mol. The fraction of sp³-hybridized carbons (Fsp3) is 0.200. The lowest BCUT2D eigenvalue weighted by atomic mass is 9.99. The molecule has 0 aliphatic heterocycles. The topological polar surface area (TPSA) is 21.3 Å². The van der Waals surface area contributed by atoms with E-state index in [2.05, 4.69) is 10.1 Å². The van der Waals surface area contributed by atoms with Crippen LogP contribution < -0.4 is 10.1 Å². The lowest BCUT2D eigenvalue weighted by Gasteiger charge is -2.18. The van der Waals surface area contributed by atoms with Crippen molar-refractivity contribution >= 4 is 0 Å². The van der Waals surface area contributed by atoms with E-state index in [9.17, 15) is 17.6 Å². The summed E-state index contributed by atoms with van der Waals surface area (Å²) in [6.07, 6.45) is -4.73. The first-order valence-electron chi connectivity index (χ1n) is 6.17. The number of ether oxygens (including phenoxy) is 1. The van der Waals surface area contributed by atoms with Crippen molar-refractivity contribution in [2.45, 2.75) is 12.4 Å². The minimum atomic E-state index is -4.73. The fourth-order valence-corrected chi connectivity index (χ4v) is 2.07. The van der Waals surface area contributed by atoms with Crippen LogP contribution in [0.5, 0.6) is 5.75 Å². The first-order valence-corrected chi connectivity index (χ1v) is 6.17. The Bertz CT molecular complexity index is 595. The highest BCUT2D eigenvalue weighted by Gasteiger charge is 2.31. The molecule has 2 rings (SSSR count). The molecule has 0 bridgehead atoms. The van der Waals surface area contributed by atoms with E-state index in [0.29, 0.717) is 5.56 Å². The van der Waals surface area contributed by atoms with Gasteiger partial charge in [-0.3, -0.25) is 0 Å². The number of nitrogens with one attached hydrogen (secondary N) is 1. The average molecular weight is 299 g/mol. The number of alkyl halides is 3. The largest absolute Gasteiger partial charge is 0.573 e. The Morgan fingerprint density at radius 1 is 1.00 bits per heavy atom. The van der Waals surface area contributed by atoms with Gasteiger partial charge in [-0.15, -0.1) is 13.2 Å². The summed E-state index contributed by atoms with van der Waals surface area (Å²) in [6.45, 7) is 0. The fourth-order valence-electron chi connectivity index (χ4n) is 2.07. The Balaban J connectivity index is 2.30. The lowest BCUT2D eigenvalue weighted by Crippen LogP contribution is -2.19. The maximum Gasteiger partial charge on any atom is 0.573 e. The van der Waals surface area contributed by atoms with Gasteiger partial charge in [0.1, 0.15) is 11.6 Å². The summed E-state index contributed by atoms with van der Waals surface area (Å²) in [5, 5.41) is 2.98. The highest BCUT2D eigenvalue weighted by molar-refractivity contribution is 5.36. The van der Waals surface area contributed by atoms with Crippen molar-refractivity contribution in [3.63, 3.8) is 0 Å². The van der Waals surface area contributed by atoms with E-state index < -0.39 is 6.36 Å². The summed E-state index contributed by atoms with van der Waals surface area (Å²) >= 11 is 0. The molecule has 0 spiro atoms. The van der Waals surface area contributed by atoms with Gasteiger partial charge in [-0.25, -0.2) is 4.39 Å². The van der Waals surface area contributed by atoms with E-state index in [1.165, 1.54) is 30.3 Å². The maximum absolute atomic E-state index is 12.9. The minimum Gasteiger partial charge on any atom is -0.406 e. The standard InChI is InChI=1S/C15H13F4NO/c1-20-14(10-5-7-12(16)8-6-10)11-3-2-4-13(9-11)21-15(17,18)19/h2-9,14,20H,1H3. The van der Waals surface area contributed by atoms with Crippen molar-refractivity contribution in [3.8, 4) is 5.75 Å². The molecule has 2 nitrogen and oxygen atoms in total. The molecule has 0 radical (unpaired) electrons. The number of hydrogen-bond donors (Lipinski definition) is 1. The quantitative estimate of drug-likeness (QED) is 0.861. The van der Waals surface area contributed by atoms with Gasteiger partial charge >= 0.3 is 6.36 Å². The summed E-state index contributed by atoms with van der Waals surface area (Å²) in [5.41, 5.74) is 1.33. The van der Waals surface area contributed by atoms with Crippen LogP contribution in [0.15, 0.2) is 48.5 Å². The van der Waals surface area contributed by atoms with Crippen LogP contribution in [-0.2, 0) is 0 Å². The molecule has 1 unspecified atom stereocenters. The molecule has 0 aliphatic rings.